The minimum absolute atomic E-state index is 0.0772. The number of rotatable bonds is 7. The number of aromatic nitrogens is 2. The van der Waals surface area contributed by atoms with Gasteiger partial charge in [-0.25, -0.2) is 0 Å². The van der Waals surface area contributed by atoms with Crippen LogP contribution < -0.4 is 10.1 Å². The molecule has 0 spiro atoms. The quantitative estimate of drug-likeness (QED) is 0.794. The number of carbonyl (C=O) groups is 2. The fourth-order valence-corrected chi connectivity index (χ4v) is 2.41. The predicted molar refractivity (Wildman–Crippen MR) is 84.5 cm³/mol. The van der Waals surface area contributed by atoms with Gasteiger partial charge >= 0.3 is 0 Å². The number of benzene rings is 1. The third-order valence-electron chi connectivity index (χ3n) is 2.84. The molecule has 22 heavy (non-hydrogen) atoms. The molecule has 0 aliphatic carbocycles. The molecule has 0 aliphatic heterocycles. The van der Waals surface area contributed by atoms with Crippen LogP contribution in [0.15, 0.2) is 24.3 Å². The molecule has 1 heterocycles. The van der Waals surface area contributed by atoms with Crippen LogP contribution in [0.4, 0.5) is 5.13 Å². The van der Waals surface area contributed by atoms with E-state index < -0.39 is 0 Å². The lowest BCUT2D eigenvalue weighted by Crippen LogP contribution is -2.13. The third-order valence-corrected chi connectivity index (χ3v) is 3.59. The van der Waals surface area contributed by atoms with Crippen LogP contribution in [-0.4, -0.2) is 28.5 Å². The molecule has 2 rings (SSSR count). The lowest BCUT2D eigenvalue weighted by molar-refractivity contribution is -0.116. The summed E-state index contributed by atoms with van der Waals surface area (Å²) < 4.78 is 5.32. The predicted octanol–water partition coefficient (Wildman–Crippen LogP) is 2.85. The zero-order valence-electron chi connectivity index (χ0n) is 12.5. The van der Waals surface area contributed by atoms with Gasteiger partial charge in [0.15, 0.2) is 5.78 Å². The zero-order valence-corrected chi connectivity index (χ0v) is 13.3. The lowest BCUT2D eigenvalue weighted by atomic mass is 10.1. The topological polar surface area (TPSA) is 81.2 Å². The molecule has 6 nitrogen and oxygen atoms in total. The van der Waals surface area contributed by atoms with E-state index in [2.05, 4.69) is 15.5 Å². The maximum absolute atomic E-state index is 12.0. The number of Topliss-reactive ketones (excluding diaryl/α,β-unsaturated/α-hetero) is 1. The van der Waals surface area contributed by atoms with Crippen molar-refractivity contribution in [3.8, 4) is 5.75 Å². The first-order valence-corrected chi connectivity index (χ1v) is 7.76. The monoisotopic (exact) mass is 319 g/mol. The maximum Gasteiger partial charge on any atom is 0.226 e. The average molecular weight is 319 g/mol. The molecule has 7 heteroatoms. The number of ketones is 1. The van der Waals surface area contributed by atoms with Gasteiger partial charge in [0, 0.05) is 18.4 Å². The molecule has 1 N–H and O–H groups in total. The Morgan fingerprint density at radius 3 is 2.50 bits per heavy atom. The molecule has 0 fully saturated rings. The normalized spacial score (nSPS) is 10.3. The van der Waals surface area contributed by atoms with E-state index >= 15 is 0 Å². The minimum Gasteiger partial charge on any atom is -0.494 e. The lowest BCUT2D eigenvalue weighted by Gasteiger charge is -2.04. The molecule has 0 unspecified atom stereocenters. The van der Waals surface area contributed by atoms with Gasteiger partial charge in [0.2, 0.25) is 11.0 Å². The molecular formula is C15H17N3O3S. The van der Waals surface area contributed by atoms with E-state index in [1.807, 2.05) is 13.8 Å². The molecule has 0 atom stereocenters. The van der Waals surface area contributed by atoms with Crippen molar-refractivity contribution in [2.24, 2.45) is 0 Å². The number of amides is 1. The van der Waals surface area contributed by atoms with E-state index in [0.717, 1.165) is 10.8 Å². The molecule has 0 aliphatic rings. The smallest absolute Gasteiger partial charge is 0.226 e. The Balaban J connectivity index is 1.82. The highest BCUT2D eigenvalue weighted by Crippen LogP contribution is 2.16. The molecule has 0 saturated heterocycles. The zero-order chi connectivity index (χ0) is 15.9. The Labute approximate surface area is 132 Å². The van der Waals surface area contributed by atoms with Crippen LogP contribution in [0, 0.1) is 6.92 Å². The van der Waals surface area contributed by atoms with E-state index in [-0.39, 0.29) is 24.5 Å². The van der Waals surface area contributed by atoms with Gasteiger partial charge in [-0.05, 0) is 38.1 Å². The number of hydrogen-bond donors (Lipinski definition) is 1. The molecule has 2 aromatic rings. The summed E-state index contributed by atoms with van der Waals surface area (Å²) in [5.74, 6) is 0.408. The van der Waals surface area contributed by atoms with E-state index in [0.29, 0.717) is 17.3 Å². The largest absolute Gasteiger partial charge is 0.494 e. The van der Waals surface area contributed by atoms with Gasteiger partial charge in [0.25, 0.3) is 0 Å². The standard InChI is InChI=1S/C15H17N3O3S/c1-3-21-12-6-4-11(5-7-12)13(19)8-9-14(20)16-15-18-17-10(2)22-15/h4-7H,3,8-9H2,1-2H3,(H,16,18,20). The summed E-state index contributed by atoms with van der Waals surface area (Å²) in [4.78, 5) is 23.8. The van der Waals surface area contributed by atoms with Crippen molar-refractivity contribution >= 4 is 28.2 Å². The van der Waals surface area contributed by atoms with Gasteiger partial charge in [-0.2, -0.15) is 0 Å². The molecule has 1 aromatic carbocycles. The van der Waals surface area contributed by atoms with Crippen molar-refractivity contribution in [3.05, 3.63) is 34.8 Å². The minimum atomic E-state index is -0.240. The second-order valence-corrected chi connectivity index (χ2v) is 5.74. The van der Waals surface area contributed by atoms with Gasteiger partial charge in [0.1, 0.15) is 10.8 Å². The van der Waals surface area contributed by atoms with Gasteiger partial charge in [-0.3, -0.25) is 9.59 Å². The molecule has 0 radical (unpaired) electrons. The number of nitrogens with zero attached hydrogens (tertiary/aromatic N) is 2. The fourth-order valence-electron chi connectivity index (χ4n) is 1.80. The van der Waals surface area contributed by atoms with Crippen LogP contribution in [0.2, 0.25) is 0 Å². The van der Waals surface area contributed by atoms with E-state index in [9.17, 15) is 9.59 Å². The highest BCUT2D eigenvalue weighted by molar-refractivity contribution is 7.15. The van der Waals surface area contributed by atoms with E-state index in [1.165, 1.54) is 11.3 Å². The maximum atomic E-state index is 12.0. The summed E-state index contributed by atoms with van der Waals surface area (Å²) in [5, 5.41) is 11.5. The molecule has 1 aromatic heterocycles. The van der Waals surface area contributed by atoms with Crippen LogP contribution in [0.5, 0.6) is 5.75 Å². The Kier molecular flexibility index (Phi) is 5.60. The summed E-state index contributed by atoms with van der Waals surface area (Å²) in [5.41, 5.74) is 0.572. The summed E-state index contributed by atoms with van der Waals surface area (Å²) >= 11 is 1.30. The van der Waals surface area contributed by atoms with Crippen molar-refractivity contribution in [3.63, 3.8) is 0 Å². The Morgan fingerprint density at radius 1 is 1.18 bits per heavy atom. The van der Waals surface area contributed by atoms with Crippen molar-refractivity contribution < 1.29 is 14.3 Å². The number of aryl methyl sites for hydroxylation is 1. The van der Waals surface area contributed by atoms with Gasteiger partial charge in [0.05, 0.1) is 6.61 Å². The van der Waals surface area contributed by atoms with Crippen molar-refractivity contribution in [1.82, 2.24) is 10.2 Å². The SMILES string of the molecule is CCOc1ccc(C(=O)CCC(=O)Nc2nnc(C)s2)cc1. The van der Waals surface area contributed by atoms with Crippen LogP contribution in [0.1, 0.15) is 35.1 Å². The third kappa shape index (κ3) is 4.63. The highest BCUT2D eigenvalue weighted by atomic mass is 32.1. The van der Waals surface area contributed by atoms with Gasteiger partial charge < -0.3 is 10.1 Å². The first kappa shape index (κ1) is 16.1. The molecule has 116 valence electrons. The molecular weight excluding hydrogens is 302 g/mol. The summed E-state index contributed by atoms with van der Waals surface area (Å²) in [6.45, 7) is 4.29. The molecule has 0 bridgehead atoms. The number of anilines is 1. The van der Waals surface area contributed by atoms with Crippen molar-refractivity contribution in [2.45, 2.75) is 26.7 Å². The Bertz CT molecular complexity index is 652. The van der Waals surface area contributed by atoms with Crippen LogP contribution >= 0.6 is 11.3 Å². The Morgan fingerprint density at radius 2 is 1.91 bits per heavy atom. The second kappa shape index (κ2) is 7.65. The van der Waals surface area contributed by atoms with Crippen molar-refractivity contribution in [1.29, 1.82) is 0 Å². The number of carbonyl (C=O) groups excluding carboxylic acids is 2. The van der Waals surface area contributed by atoms with E-state index in [1.54, 1.807) is 24.3 Å². The fraction of sp³-hybridized carbons (Fsp3) is 0.333. The summed E-state index contributed by atoms with van der Waals surface area (Å²) in [6, 6.07) is 6.92. The van der Waals surface area contributed by atoms with Crippen molar-refractivity contribution in [2.75, 3.05) is 11.9 Å². The number of ether oxygens (including phenoxy) is 1. The second-order valence-electron chi connectivity index (χ2n) is 4.55. The van der Waals surface area contributed by atoms with E-state index in [4.69, 9.17) is 4.74 Å². The highest BCUT2D eigenvalue weighted by Gasteiger charge is 2.11. The van der Waals surface area contributed by atoms with Crippen LogP contribution in [0.25, 0.3) is 0 Å². The first-order chi connectivity index (χ1) is 10.6. The van der Waals surface area contributed by atoms with Gasteiger partial charge in [-0.1, -0.05) is 11.3 Å². The van der Waals surface area contributed by atoms with Crippen LogP contribution in [0.3, 0.4) is 0 Å². The summed E-state index contributed by atoms with van der Waals surface area (Å²) in [6.07, 6.45) is 0.266. The molecule has 0 saturated carbocycles. The molecule has 1 amide bonds. The number of hydrogen-bond acceptors (Lipinski definition) is 6. The first-order valence-electron chi connectivity index (χ1n) is 6.94. The summed E-state index contributed by atoms with van der Waals surface area (Å²) in [7, 11) is 0. The van der Waals surface area contributed by atoms with Crippen LogP contribution in [-0.2, 0) is 4.79 Å². The number of nitrogens with one attached hydrogen (secondary N) is 1. The Hall–Kier alpha value is -2.28. The van der Waals surface area contributed by atoms with Gasteiger partial charge in [-0.15, -0.1) is 10.2 Å². The average Bonchev–Trinajstić information content (AvgIpc) is 2.91.